The average molecular weight is 462 g/mol. The second-order valence-electron chi connectivity index (χ2n) is 8.43. The van der Waals surface area contributed by atoms with Crippen molar-refractivity contribution in [1.82, 2.24) is 4.90 Å². The highest BCUT2D eigenvalue weighted by molar-refractivity contribution is 6.01. The van der Waals surface area contributed by atoms with Crippen LogP contribution >= 0.6 is 0 Å². The zero-order chi connectivity index (χ0) is 24.1. The topological polar surface area (TPSA) is 54.4 Å². The molecule has 1 atom stereocenters. The molecule has 4 rings (SSSR count). The van der Waals surface area contributed by atoms with Gasteiger partial charge in [0.05, 0.1) is 24.9 Å². The Hall–Kier alpha value is -3.87. The van der Waals surface area contributed by atoms with Gasteiger partial charge in [-0.15, -0.1) is 0 Å². The third kappa shape index (κ3) is 5.36. The molecular weight excluding hydrogens is 433 g/mol. The summed E-state index contributed by atoms with van der Waals surface area (Å²) in [6.07, 6.45) is 0.227. The Bertz CT molecular complexity index is 1180. The number of benzene rings is 3. The first kappa shape index (κ1) is 23.3. The zero-order valence-corrected chi connectivity index (χ0v) is 19.6. The second kappa shape index (κ2) is 10.4. The molecule has 0 saturated heterocycles. The Morgan fingerprint density at radius 2 is 1.85 bits per heavy atom. The van der Waals surface area contributed by atoms with E-state index < -0.39 is 11.7 Å². The van der Waals surface area contributed by atoms with Crippen LogP contribution < -0.4 is 9.64 Å². The molecule has 176 valence electrons. The van der Waals surface area contributed by atoms with Gasteiger partial charge in [-0.2, -0.15) is 0 Å². The van der Waals surface area contributed by atoms with Crippen molar-refractivity contribution in [3.05, 3.63) is 95.3 Å². The van der Waals surface area contributed by atoms with E-state index in [-0.39, 0.29) is 24.8 Å². The Labute approximate surface area is 199 Å². The third-order valence-electron chi connectivity index (χ3n) is 5.77. The number of ether oxygens (including phenoxy) is 1. The number of methoxy groups -OCH3 is 1. The van der Waals surface area contributed by atoms with E-state index in [1.54, 1.807) is 24.1 Å². The second-order valence-corrected chi connectivity index (χ2v) is 8.43. The first-order valence-electron chi connectivity index (χ1n) is 11.1. The van der Waals surface area contributed by atoms with Crippen molar-refractivity contribution in [3.63, 3.8) is 0 Å². The molecule has 0 radical (unpaired) electrons. The molecule has 34 heavy (non-hydrogen) atoms. The molecule has 0 saturated carbocycles. The zero-order valence-electron chi connectivity index (χ0n) is 19.6. The molecule has 0 N–H and O–H groups in total. The van der Waals surface area contributed by atoms with Crippen LogP contribution in [-0.4, -0.2) is 50.4 Å². The molecule has 1 aliphatic rings. The maximum Gasteiger partial charge on any atom is 0.257 e. The maximum absolute atomic E-state index is 14.4. The van der Waals surface area contributed by atoms with Crippen LogP contribution in [0.4, 0.5) is 10.1 Å². The molecule has 6 nitrogen and oxygen atoms in total. The van der Waals surface area contributed by atoms with Gasteiger partial charge >= 0.3 is 0 Å². The summed E-state index contributed by atoms with van der Waals surface area (Å²) in [6.45, 7) is 0.560. The lowest BCUT2D eigenvalue weighted by molar-refractivity contribution is 0.0402. The predicted octanol–water partition coefficient (Wildman–Crippen LogP) is 4.74. The molecule has 0 aliphatic carbocycles. The summed E-state index contributed by atoms with van der Waals surface area (Å²) in [5, 5.41) is 4.27. The third-order valence-corrected chi connectivity index (χ3v) is 5.77. The highest BCUT2D eigenvalue weighted by Crippen LogP contribution is 2.23. The van der Waals surface area contributed by atoms with Gasteiger partial charge in [0.2, 0.25) is 0 Å². The molecule has 0 aromatic heterocycles. The molecule has 0 bridgehead atoms. The molecule has 1 heterocycles. The Morgan fingerprint density at radius 1 is 1.09 bits per heavy atom. The van der Waals surface area contributed by atoms with Crippen LogP contribution in [0, 0.1) is 5.82 Å². The largest absolute Gasteiger partial charge is 0.497 e. The van der Waals surface area contributed by atoms with Crippen molar-refractivity contribution < 1.29 is 18.8 Å². The van der Waals surface area contributed by atoms with Crippen molar-refractivity contribution in [2.45, 2.75) is 19.1 Å². The number of nitrogens with zero attached hydrogens (tertiary/aromatic N) is 3. The van der Waals surface area contributed by atoms with Crippen LogP contribution in [0.1, 0.15) is 27.9 Å². The lowest BCUT2D eigenvalue weighted by Gasteiger charge is -2.25. The van der Waals surface area contributed by atoms with Crippen LogP contribution in [0.5, 0.6) is 5.75 Å². The van der Waals surface area contributed by atoms with E-state index in [2.05, 4.69) is 5.16 Å². The van der Waals surface area contributed by atoms with Gasteiger partial charge in [-0.25, -0.2) is 4.39 Å². The number of halogens is 1. The molecule has 7 heteroatoms. The molecule has 0 fully saturated rings. The number of anilines is 1. The lowest BCUT2D eigenvalue weighted by atomic mass is 10.0. The van der Waals surface area contributed by atoms with Gasteiger partial charge < -0.3 is 19.4 Å². The fourth-order valence-corrected chi connectivity index (χ4v) is 3.91. The molecule has 0 spiro atoms. The summed E-state index contributed by atoms with van der Waals surface area (Å²) in [6, 6.07) is 21.6. The summed E-state index contributed by atoms with van der Waals surface area (Å²) in [7, 11) is 5.58. The smallest absolute Gasteiger partial charge is 0.257 e. The van der Waals surface area contributed by atoms with Crippen LogP contribution in [0.2, 0.25) is 0 Å². The molecular formula is C27H28FN3O3. The number of rotatable bonds is 8. The summed E-state index contributed by atoms with van der Waals surface area (Å²) in [4.78, 5) is 22.6. The molecule has 3 aromatic carbocycles. The van der Waals surface area contributed by atoms with E-state index in [1.165, 1.54) is 12.1 Å². The highest BCUT2D eigenvalue weighted by atomic mass is 19.1. The molecule has 1 amide bonds. The fraction of sp³-hybridized carbons (Fsp3) is 0.259. The van der Waals surface area contributed by atoms with Gasteiger partial charge in [0.1, 0.15) is 11.6 Å². The summed E-state index contributed by atoms with van der Waals surface area (Å²) in [5.41, 5.74) is 3.81. The fourth-order valence-electron chi connectivity index (χ4n) is 3.91. The van der Waals surface area contributed by atoms with Crippen molar-refractivity contribution >= 4 is 17.3 Å². The average Bonchev–Trinajstić information content (AvgIpc) is 3.32. The quantitative estimate of drug-likeness (QED) is 0.487. The summed E-state index contributed by atoms with van der Waals surface area (Å²) >= 11 is 0. The number of carbonyl (C=O) groups is 1. The van der Waals surface area contributed by atoms with E-state index in [9.17, 15) is 9.18 Å². The van der Waals surface area contributed by atoms with Crippen LogP contribution in [0.25, 0.3) is 0 Å². The van der Waals surface area contributed by atoms with Gasteiger partial charge in [0.25, 0.3) is 5.91 Å². The minimum absolute atomic E-state index is 0.0313. The lowest BCUT2D eigenvalue weighted by Crippen LogP contribution is -2.37. The minimum atomic E-state index is -0.548. The monoisotopic (exact) mass is 461 g/mol. The van der Waals surface area contributed by atoms with Crippen LogP contribution in [0.15, 0.2) is 78.0 Å². The van der Waals surface area contributed by atoms with Gasteiger partial charge in [0.15, 0.2) is 6.10 Å². The number of carbonyl (C=O) groups excluding carboxylic acids is 1. The van der Waals surface area contributed by atoms with Gasteiger partial charge in [-0.3, -0.25) is 4.79 Å². The number of hydrogen-bond acceptors (Lipinski definition) is 5. The molecule has 1 aliphatic heterocycles. The Morgan fingerprint density at radius 3 is 2.56 bits per heavy atom. The highest BCUT2D eigenvalue weighted by Gasteiger charge is 2.28. The first-order valence-corrected chi connectivity index (χ1v) is 11.1. The van der Waals surface area contributed by atoms with Gasteiger partial charge in [0, 0.05) is 32.7 Å². The maximum atomic E-state index is 14.4. The Balaban J connectivity index is 1.51. The SMILES string of the molecule is COc1cccc(CN(CC2CC(c3ccc(N(C)C)cc3)=NO2)C(=O)c2ccccc2F)c1. The Kier molecular flexibility index (Phi) is 7.11. The van der Waals surface area contributed by atoms with Gasteiger partial charge in [-0.1, -0.05) is 41.6 Å². The van der Waals surface area contributed by atoms with Crippen molar-refractivity contribution in [1.29, 1.82) is 0 Å². The first-order chi connectivity index (χ1) is 16.4. The van der Waals surface area contributed by atoms with Crippen molar-refractivity contribution in [2.24, 2.45) is 5.16 Å². The van der Waals surface area contributed by atoms with Crippen molar-refractivity contribution in [3.8, 4) is 5.75 Å². The standard InChI is InChI=1S/C27H28FN3O3/c1-30(2)21-13-11-20(12-14-21)26-16-23(34-29-26)18-31(17-19-7-6-8-22(15-19)33-3)27(32)24-9-4-5-10-25(24)28/h4-15,23H,16-18H2,1-3H3. The van der Waals surface area contributed by atoms with Crippen LogP contribution in [0.3, 0.4) is 0 Å². The molecule has 3 aromatic rings. The minimum Gasteiger partial charge on any atom is -0.497 e. The van der Waals surface area contributed by atoms with Gasteiger partial charge in [-0.05, 0) is 47.5 Å². The van der Waals surface area contributed by atoms with Crippen LogP contribution in [-0.2, 0) is 11.4 Å². The summed E-state index contributed by atoms with van der Waals surface area (Å²) in [5.74, 6) is -0.249. The number of oxime groups is 1. The number of hydrogen-bond donors (Lipinski definition) is 0. The van der Waals surface area contributed by atoms with E-state index in [4.69, 9.17) is 9.57 Å². The van der Waals surface area contributed by atoms with E-state index in [1.807, 2.05) is 67.5 Å². The van der Waals surface area contributed by atoms with E-state index in [0.29, 0.717) is 12.2 Å². The predicted molar refractivity (Wildman–Crippen MR) is 131 cm³/mol. The number of amides is 1. The summed E-state index contributed by atoms with van der Waals surface area (Å²) < 4.78 is 19.7. The van der Waals surface area contributed by atoms with E-state index in [0.717, 1.165) is 22.5 Å². The van der Waals surface area contributed by atoms with Crippen molar-refractivity contribution in [2.75, 3.05) is 32.6 Å². The van der Waals surface area contributed by atoms with E-state index >= 15 is 0 Å². The molecule has 1 unspecified atom stereocenters. The normalized spacial score (nSPS) is 14.8.